The summed E-state index contributed by atoms with van der Waals surface area (Å²) < 4.78 is 61.6. The number of fused-ring (bicyclic) bond motifs is 3. The maximum Gasteiger partial charge on any atom is 0.177 e. The molecule has 9 heteroatoms. The average molecular weight is 491 g/mol. The smallest absolute Gasteiger partial charge is 0.177 e. The van der Waals surface area contributed by atoms with Crippen molar-refractivity contribution in [3.05, 3.63) is 70.9 Å². The molecule has 5 nitrogen and oxygen atoms in total. The van der Waals surface area contributed by atoms with Crippen molar-refractivity contribution in [2.75, 3.05) is 19.5 Å². The summed E-state index contributed by atoms with van der Waals surface area (Å²) in [4.78, 5) is 4.41. The molecule has 0 radical (unpaired) electrons. The molecule has 0 amide bonds. The highest BCUT2D eigenvalue weighted by atomic mass is 35.5. The number of sulfone groups is 1. The van der Waals surface area contributed by atoms with Crippen molar-refractivity contribution in [3.63, 3.8) is 0 Å². The van der Waals surface area contributed by atoms with Gasteiger partial charge in [-0.15, -0.1) is 0 Å². The van der Waals surface area contributed by atoms with Crippen LogP contribution in [0.25, 0.3) is 21.9 Å². The summed E-state index contributed by atoms with van der Waals surface area (Å²) >= 11 is 6.16. The first kappa shape index (κ1) is 22.3. The number of nitrogens with zero attached hydrogens (tertiary/aromatic N) is 2. The van der Waals surface area contributed by atoms with Gasteiger partial charge in [-0.1, -0.05) is 29.8 Å². The van der Waals surface area contributed by atoms with E-state index in [9.17, 15) is 12.8 Å². The Bertz CT molecular complexity index is 1480. The molecule has 33 heavy (non-hydrogen) atoms. The van der Waals surface area contributed by atoms with Gasteiger partial charge in [0.2, 0.25) is 0 Å². The highest BCUT2D eigenvalue weighted by Crippen LogP contribution is 2.42. The van der Waals surface area contributed by atoms with Crippen molar-refractivity contribution in [1.29, 1.82) is 0 Å². The summed E-state index contributed by atoms with van der Waals surface area (Å²) in [5, 5.41) is 0.412. The van der Waals surface area contributed by atoms with E-state index in [2.05, 4.69) is 4.98 Å². The summed E-state index contributed by atoms with van der Waals surface area (Å²) in [6.07, 6.45) is 3.75. The number of ether oxygens (including phenoxy) is 1. The third kappa shape index (κ3) is 3.90. The van der Waals surface area contributed by atoms with Crippen molar-refractivity contribution in [2.24, 2.45) is 5.92 Å². The largest absolute Gasteiger partial charge is 0.381 e. The topological polar surface area (TPSA) is 61.2 Å². The van der Waals surface area contributed by atoms with Crippen LogP contribution in [0.1, 0.15) is 24.4 Å². The van der Waals surface area contributed by atoms with E-state index >= 15 is 4.39 Å². The van der Waals surface area contributed by atoms with Gasteiger partial charge < -0.3 is 9.30 Å². The minimum Gasteiger partial charge on any atom is -0.381 e. The molecule has 1 aliphatic heterocycles. The lowest BCUT2D eigenvalue weighted by Gasteiger charge is -2.33. The molecule has 0 N–H and O–H groups in total. The molecule has 1 saturated heterocycles. The number of hydrogen-bond donors (Lipinski definition) is 0. The van der Waals surface area contributed by atoms with Gasteiger partial charge in [-0.3, -0.25) is 4.98 Å². The Morgan fingerprint density at radius 1 is 1.09 bits per heavy atom. The maximum absolute atomic E-state index is 15.2. The van der Waals surface area contributed by atoms with Gasteiger partial charge in [-0.25, -0.2) is 17.2 Å². The maximum atomic E-state index is 15.2. The third-order valence-corrected chi connectivity index (χ3v) is 7.67. The standard InChI is InChI=1S/C24H21ClF2N2O3S/c1-33(30,31)15-10-22-23(28-13-15)17-11-20(27)18(25)12-21(17)29(22)24(14-6-8-32-9-7-14)16-4-2-3-5-19(16)26/h2-5,10-14,24H,6-9H2,1H3. The SMILES string of the molecule is CS(=O)(=O)c1cnc2c3cc(F)c(Cl)cc3n(C(c3ccccc3F)C3CCOCC3)c2c1. The molecule has 0 bridgehead atoms. The second-order valence-corrected chi connectivity index (χ2v) is 10.8. The first-order chi connectivity index (χ1) is 15.8. The van der Waals surface area contributed by atoms with Crippen LogP contribution in [0, 0.1) is 17.6 Å². The van der Waals surface area contributed by atoms with E-state index < -0.39 is 21.7 Å². The first-order valence-corrected chi connectivity index (χ1v) is 12.8. The second kappa shape index (κ2) is 8.34. The fraction of sp³-hybridized carbons (Fsp3) is 0.292. The average Bonchev–Trinajstić information content (AvgIpc) is 3.08. The van der Waals surface area contributed by atoms with Crippen molar-refractivity contribution >= 4 is 43.4 Å². The predicted molar refractivity (Wildman–Crippen MR) is 123 cm³/mol. The Morgan fingerprint density at radius 2 is 1.82 bits per heavy atom. The molecule has 4 aromatic rings. The normalized spacial score (nSPS) is 16.5. The molecule has 3 heterocycles. The van der Waals surface area contributed by atoms with Crippen LogP contribution in [0.5, 0.6) is 0 Å². The lowest BCUT2D eigenvalue weighted by molar-refractivity contribution is 0.0548. The molecule has 1 unspecified atom stereocenters. The van der Waals surface area contributed by atoms with Crippen LogP contribution in [-0.4, -0.2) is 37.4 Å². The number of benzene rings is 2. The van der Waals surface area contributed by atoms with Crippen LogP contribution in [0.2, 0.25) is 5.02 Å². The minimum absolute atomic E-state index is 0.000156. The molecule has 5 rings (SSSR count). The van der Waals surface area contributed by atoms with E-state index in [4.69, 9.17) is 16.3 Å². The zero-order valence-corrected chi connectivity index (χ0v) is 19.3. The van der Waals surface area contributed by atoms with Gasteiger partial charge in [0.05, 0.1) is 32.5 Å². The van der Waals surface area contributed by atoms with Gasteiger partial charge in [0.1, 0.15) is 11.6 Å². The minimum atomic E-state index is -3.56. The van der Waals surface area contributed by atoms with E-state index in [0.717, 1.165) is 6.26 Å². The van der Waals surface area contributed by atoms with Gasteiger partial charge in [0, 0.05) is 36.6 Å². The first-order valence-electron chi connectivity index (χ1n) is 10.6. The summed E-state index contributed by atoms with van der Waals surface area (Å²) in [7, 11) is -3.56. The zero-order valence-electron chi connectivity index (χ0n) is 17.8. The van der Waals surface area contributed by atoms with E-state index in [1.807, 2.05) is 4.57 Å². The molecule has 0 saturated carbocycles. The van der Waals surface area contributed by atoms with Crippen LogP contribution >= 0.6 is 11.6 Å². The predicted octanol–water partition coefficient (Wildman–Crippen LogP) is 5.54. The van der Waals surface area contributed by atoms with E-state index in [1.165, 1.54) is 30.5 Å². The van der Waals surface area contributed by atoms with Crippen LogP contribution in [-0.2, 0) is 14.6 Å². The molecule has 172 valence electrons. The Balaban J connectivity index is 1.91. The lowest BCUT2D eigenvalue weighted by atomic mass is 9.86. The molecule has 2 aromatic heterocycles. The van der Waals surface area contributed by atoms with Crippen molar-refractivity contribution in [3.8, 4) is 0 Å². The van der Waals surface area contributed by atoms with Gasteiger partial charge in [-0.2, -0.15) is 0 Å². The quantitative estimate of drug-likeness (QED) is 0.377. The second-order valence-electron chi connectivity index (χ2n) is 8.38. The third-order valence-electron chi connectivity index (χ3n) is 6.30. The highest BCUT2D eigenvalue weighted by molar-refractivity contribution is 7.90. The summed E-state index contributed by atoms with van der Waals surface area (Å²) in [6, 6.07) is 10.4. The monoisotopic (exact) mass is 490 g/mol. The Kier molecular flexibility index (Phi) is 5.63. The molecule has 1 atom stereocenters. The molecular weight excluding hydrogens is 470 g/mol. The molecule has 1 aliphatic rings. The van der Waals surface area contributed by atoms with Gasteiger partial charge in [-0.05, 0) is 43.0 Å². The van der Waals surface area contributed by atoms with Crippen LogP contribution in [0.15, 0.2) is 53.6 Å². The highest BCUT2D eigenvalue weighted by Gasteiger charge is 2.32. The Morgan fingerprint density at radius 3 is 2.52 bits per heavy atom. The number of hydrogen-bond acceptors (Lipinski definition) is 4. The van der Waals surface area contributed by atoms with E-state index in [-0.39, 0.29) is 21.7 Å². The number of aromatic nitrogens is 2. The fourth-order valence-corrected chi connectivity index (χ4v) is 5.46. The van der Waals surface area contributed by atoms with Gasteiger partial charge in [0.25, 0.3) is 0 Å². The fourth-order valence-electron chi connectivity index (χ4n) is 4.73. The molecular formula is C24H21ClF2N2O3S. The van der Waals surface area contributed by atoms with E-state index in [1.54, 1.807) is 18.2 Å². The van der Waals surface area contributed by atoms with Gasteiger partial charge >= 0.3 is 0 Å². The number of halogens is 3. The van der Waals surface area contributed by atoms with Crippen molar-refractivity contribution in [2.45, 2.75) is 23.8 Å². The number of pyridine rings is 1. The van der Waals surface area contributed by atoms with Crippen molar-refractivity contribution < 1.29 is 21.9 Å². The zero-order chi connectivity index (χ0) is 23.3. The Labute approximate surface area is 194 Å². The summed E-state index contributed by atoms with van der Waals surface area (Å²) in [5.41, 5.74) is 1.94. The summed E-state index contributed by atoms with van der Waals surface area (Å²) in [6.45, 7) is 1.07. The molecule has 2 aromatic carbocycles. The van der Waals surface area contributed by atoms with Crippen LogP contribution < -0.4 is 0 Å². The molecule has 0 aliphatic carbocycles. The van der Waals surface area contributed by atoms with Crippen LogP contribution in [0.3, 0.4) is 0 Å². The molecule has 1 fully saturated rings. The van der Waals surface area contributed by atoms with Gasteiger partial charge in [0.15, 0.2) is 9.84 Å². The lowest BCUT2D eigenvalue weighted by Crippen LogP contribution is -2.27. The van der Waals surface area contributed by atoms with Crippen molar-refractivity contribution in [1.82, 2.24) is 9.55 Å². The van der Waals surface area contributed by atoms with Crippen LogP contribution in [0.4, 0.5) is 8.78 Å². The summed E-state index contributed by atoms with van der Waals surface area (Å²) in [5.74, 6) is -0.977. The number of rotatable bonds is 4. The van der Waals surface area contributed by atoms with E-state index in [0.29, 0.717) is 53.6 Å². The molecule has 0 spiro atoms. The Hall–Kier alpha value is -2.55.